The van der Waals surface area contributed by atoms with Crippen LogP contribution < -0.4 is 4.74 Å². The van der Waals surface area contributed by atoms with Gasteiger partial charge in [-0.1, -0.05) is 55.1 Å². The topological polar surface area (TPSA) is 27.1 Å². The van der Waals surface area contributed by atoms with Crippen molar-refractivity contribution in [2.75, 3.05) is 6.61 Å². The van der Waals surface area contributed by atoms with Crippen LogP contribution >= 0.6 is 0 Å². The third kappa shape index (κ3) is 3.34. The first-order chi connectivity index (χ1) is 11.3. The maximum atomic E-state index is 5.63. The minimum absolute atomic E-state index is 0.214. The van der Waals surface area contributed by atoms with Gasteiger partial charge in [0.1, 0.15) is 12.4 Å². The van der Waals surface area contributed by atoms with E-state index in [0.29, 0.717) is 6.61 Å². The lowest BCUT2D eigenvalue weighted by molar-refractivity contribution is 0.363. The Labute approximate surface area is 136 Å². The summed E-state index contributed by atoms with van der Waals surface area (Å²) in [6.45, 7) is 6.36. The van der Waals surface area contributed by atoms with Crippen molar-refractivity contribution >= 4 is 0 Å². The van der Waals surface area contributed by atoms with Gasteiger partial charge in [0, 0.05) is 5.56 Å². The highest BCUT2D eigenvalue weighted by Gasteiger charge is 2.13. The highest BCUT2D eigenvalue weighted by atomic mass is 16.5. The van der Waals surface area contributed by atoms with E-state index < -0.39 is 0 Å². The summed E-state index contributed by atoms with van der Waals surface area (Å²) in [6.07, 6.45) is 5.52. The van der Waals surface area contributed by atoms with Crippen molar-refractivity contribution in [1.29, 1.82) is 0 Å². The van der Waals surface area contributed by atoms with E-state index in [0.717, 1.165) is 17.0 Å². The van der Waals surface area contributed by atoms with Crippen LogP contribution in [0.1, 0.15) is 18.5 Å². The molecule has 0 saturated carbocycles. The minimum atomic E-state index is 0.214. The molecule has 0 fully saturated rings. The van der Waals surface area contributed by atoms with Crippen molar-refractivity contribution in [1.82, 2.24) is 9.55 Å². The lowest BCUT2D eigenvalue weighted by Gasteiger charge is -2.17. The van der Waals surface area contributed by atoms with Crippen molar-refractivity contribution in [2.45, 2.75) is 13.0 Å². The molecule has 0 bridgehead atoms. The summed E-state index contributed by atoms with van der Waals surface area (Å²) in [6, 6.07) is 18.7. The quantitative estimate of drug-likeness (QED) is 0.616. The van der Waals surface area contributed by atoms with Crippen molar-refractivity contribution in [2.24, 2.45) is 0 Å². The number of hydrogen-bond acceptors (Lipinski definition) is 2. The molecule has 0 aliphatic carbocycles. The molecule has 2 aromatic carbocycles. The molecule has 3 nitrogen and oxygen atoms in total. The molecule has 3 aromatic rings. The summed E-state index contributed by atoms with van der Waals surface area (Å²) in [5.41, 5.74) is 3.42. The Balaban J connectivity index is 1.93. The predicted octanol–water partition coefficient (Wildman–Crippen LogP) is 4.72. The van der Waals surface area contributed by atoms with Gasteiger partial charge in [0.2, 0.25) is 0 Å². The number of aromatic nitrogens is 2. The third-order valence-corrected chi connectivity index (χ3v) is 3.86. The molecule has 0 spiro atoms. The van der Waals surface area contributed by atoms with Gasteiger partial charge in [-0.25, -0.2) is 4.98 Å². The Morgan fingerprint density at radius 2 is 2.00 bits per heavy atom. The number of benzene rings is 2. The van der Waals surface area contributed by atoms with Crippen molar-refractivity contribution in [3.63, 3.8) is 0 Å². The fraction of sp³-hybridized carbons (Fsp3) is 0.150. The normalized spacial score (nSPS) is 11.9. The molecule has 1 heterocycles. The fourth-order valence-corrected chi connectivity index (χ4v) is 2.63. The lowest BCUT2D eigenvalue weighted by Crippen LogP contribution is -2.07. The maximum Gasteiger partial charge on any atom is 0.120 e. The molecule has 1 atom stereocenters. The Morgan fingerprint density at radius 3 is 2.78 bits per heavy atom. The Morgan fingerprint density at radius 1 is 1.17 bits per heavy atom. The van der Waals surface area contributed by atoms with E-state index in [-0.39, 0.29) is 6.04 Å². The van der Waals surface area contributed by atoms with Crippen molar-refractivity contribution in [3.8, 4) is 17.0 Å². The molecule has 1 aromatic heterocycles. The number of imidazole rings is 1. The smallest absolute Gasteiger partial charge is 0.120 e. The second kappa shape index (κ2) is 6.97. The van der Waals surface area contributed by atoms with Gasteiger partial charge in [0.25, 0.3) is 0 Å². The first kappa shape index (κ1) is 15.1. The van der Waals surface area contributed by atoms with E-state index in [9.17, 15) is 0 Å². The molecule has 23 heavy (non-hydrogen) atoms. The number of ether oxygens (including phenoxy) is 1. The van der Waals surface area contributed by atoms with Crippen LogP contribution in [0.4, 0.5) is 0 Å². The van der Waals surface area contributed by atoms with Crippen LogP contribution in [-0.2, 0) is 0 Å². The first-order valence-corrected chi connectivity index (χ1v) is 7.70. The van der Waals surface area contributed by atoms with E-state index in [1.807, 2.05) is 36.8 Å². The van der Waals surface area contributed by atoms with Gasteiger partial charge in [0.05, 0.1) is 24.3 Å². The van der Waals surface area contributed by atoms with Gasteiger partial charge < -0.3 is 9.30 Å². The molecule has 116 valence electrons. The zero-order chi connectivity index (χ0) is 16.1. The first-order valence-electron chi connectivity index (χ1n) is 7.70. The molecule has 0 saturated heterocycles. The number of nitrogens with zero attached hydrogens (tertiary/aromatic N) is 2. The van der Waals surface area contributed by atoms with E-state index >= 15 is 0 Å². The van der Waals surface area contributed by atoms with Gasteiger partial charge in [-0.3, -0.25) is 0 Å². The van der Waals surface area contributed by atoms with Crippen LogP contribution in [0.2, 0.25) is 0 Å². The monoisotopic (exact) mass is 304 g/mol. The Bertz CT molecular complexity index is 777. The van der Waals surface area contributed by atoms with Crippen LogP contribution in [0, 0.1) is 0 Å². The highest BCUT2D eigenvalue weighted by molar-refractivity contribution is 5.61. The SMILES string of the molecule is C=CCOc1cccc(-c2cncn2[C@@H](C)c2ccccc2)c1. The zero-order valence-electron chi connectivity index (χ0n) is 13.2. The van der Waals surface area contributed by atoms with E-state index in [4.69, 9.17) is 4.74 Å². The largest absolute Gasteiger partial charge is 0.490 e. The zero-order valence-corrected chi connectivity index (χ0v) is 13.2. The predicted molar refractivity (Wildman–Crippen MR) is 93.6 cm³/mol. The fourth-order valence-electron chi connectivity index (χ4n) is 2.63. The van der Waals surface area contributed by atoms with Gasteiger partial charge in [-0.2, -0.15) is 0 Å². The van der Waals surface area contributed by atoms with Crippen molar-refractivity contribution in [3.05, 3.63) is 85.3 Å². The van der Waals surface area contributed by atoms with E-state index in [2.05, 4.69) is 53.4 Å². The number of rotatable bonds is 6. The summed E-state index contributed by atoms with van der Waals surface area (Å²) in [4.78, 5) is 4.34. The van der Waals surface area contributed by atoms with Gasteiger partial charge >= 0.3 is 0 Å². The summed E-state index contributed by atoms with van der Waals surface area (Å²) in [5, 5.41) is 0. The summed E-state index contributed by atoms with van der Waals surface area (Å²) >= 11 is 0. The van der Waals surface area contributed by atoms with Crippen LogP contribution in [0.3, 0.4) is 0 Å². The number of hydrogen-bond donors (Lipinski definition) is 0. The molecular formula is C20H20N2O. The molecule has 0 N–H and O–H groups in total. The summed E-state index contributed by atoms with van der Waals surface area (Å²) in [7, 11) is 0. The van der Waals surface area contributed by atoms with Gasteiger partial charge in [-0.15, -0.1) is 0 Å². The van der Waals surface area contributed by atoms with Crippen LogP contribution in [0.5, 0.6) is 5.75 Å². The van der Waals surface area contributed by atoms with Crippen LogP contribution in [0.25, 0.3) is 11.3 Å². The average Bonchev–Trinajstić information content (AvgIpc) is 3.10. The summed E-state index contributed by atoms with van der Waals surface area (Å²) in [5.74, 6) is 0.836. The van der Waals surface area contributed by atoms with Crippen molar-refractivity contribution < 1.29 is 4.74 Å². The molecule has 0 unspecified atom stereocenters. The Kier molecular flexibility index (Phi) is 4.57. The highest BCUT2D eigenvalue weighted by Crippen LogP contribution is 2.28. The van der Waals surface area contributed by atoms with Crippen LogP contribution in [-0.4, -0.2) is 16.2 Å². The molecule has 0 radical (unpaired) electrons. The van der Waals surface area contributed by atoms with E-state index in [1.54, 1.807) is 6.08 Å². The second-order valence-corrected chi connectivity index (χ2v) is 5.40. The van der Waals surface area contributed by atoms with Crippen LogP contribution in [0.15, 0.2) is 79.8 Å². The Hall–Kier alpha value is -2.81. The second-order valence-electron chi connectivity index (χ2n) is 5.40. The standard InChI is InChI=1S/C20H20N2O/c1-3-12-23-19-11-7-10-18(13-19)20-14-21-15-22(20)16(2)17-8-5-4-6-9-17/h3-11,13-16H,1,12H2,2H3/t16-/m0/s1. The van der Waals surface area contributed by atoms with Gasteiger partial charge in [0.15, 0.2) is 0 Å². The molecule has 0 aliphatic rings. The van der Waals surface area contributed by atoms with Gasteiger partial charge in [-0.05, 0) is 24.6 Å². The molecular weight excluding hydrogens is 284 g/mol. The lowest BCUT2D eigenvalue weighted by atomic mass is 10.1. The molecule has 0 aliphatic heterocycles. The average molecular weight is 304 g/mol. The maximum absolute atomic E-state index is 5.63. The van der Waals surface area contributed by atoms with E-state index in [1.165, 1.54) is 5.56 Å². The summed E-state index contributed by atoms with van der Waals surface area (Å²) < 4.78 is 7.81. The third-order valence-electron chi connectivity index (χ3n) is 3.86. The minimum Gasteiger partial charge on any atom is -0.490 e. The molecule has 3 rings (SSSR count). The molecule has 0 amide bonds. The molecule has 3 heteroatoms.